The molecule has 0 bridgehead atoms. The van der Waals surface area contributed by atoms with Crippen LogP contribution in [0.3, 0.4) is 0 Å². The van der Waals surface area contributed by atoms with Crippen LogP contribution in [0.25, 0.3) is 0 Å². The van der Waals surface area contributed by atoms with E-state index in [0.717, 1.165) is 0 Å². The number of nitrogens with zero attached hydrogens (tertiary/aromatic N) is 1. The number of methoxy groups -OCH3 is 2. The van der Waals surface area contributed by atoms with Crippen molar-refractivity contribution >= 4 is 44.8 Å². The molecule has 1 N–H and O–H groups in total. The van der Waals surface area contributed by atoms with Crippen LogP contribution in [0.5, 0.6) is 11.5 Å². The van der Waals surface area contributed by atoms with Crippen molar-refractivity contribution in [3.05, 3.63) is 46.4 Å². The molecule has 1 amide bonds. The number of nitrogens with one attached hydrogen (secondary N) is 1. The summed E-state index contributed by atoms with van der Waals surface area (Å²) in [5.74, 6) is 0.593. The largest absolute Gasteiger partial charge is 0.497 e. The average molecular weight is 473 g/mol. The minimum absolute atomic E-state index is 0.00522. The third-order valence-corrected chi connectivity index (χ3v) is 7.90. The van der Waals surface area contributed by atoms with E-state index in [2.05, 4.69) is 5.32 Å². The number of piperidine rings is 1. The standard InChI is InChI=1S/C20H22Cl2N2O5S/c1-28-14-6-7-16(17(12-14)29-2)23-20(25)13-8-10-24(11-9-13)30(26,27)18-5-3-4-15(21)19(18)22/h3-7,12-13H,8-11H2,1-2H3,(H,23,25). The number of carbonyl (C=O) groups is 1. The van der Waals surface area contributed by atoms with Gasteiger partial charge in [-0.25, -0.2) is 8.42 Å². The van der Waals surface area contributed by atoms with Crippen LogP contribution in [0.2, 0.25) is 10.0 Å². The second-order valence-corrected chi connectivity index (χ2v) is 9.48. The summed E-state index contributed by atoms with van der Waals surface area (Å²) in [7, 11) is -0.735. The highest BCUT2D eigenvalue weighted by Gasteiger charge is 2.33. The van der Waals surface area contributed by atoms with Gasteiger partial charge in [-0.3, -0.25) is 4.79 Å². The molecule has 3 rings (SSSR count). The first kappa shape index (κ1) is 22.7. The van der Waals surface area contributed by atoms with E-state index in [4.69, 9.17) is 32.7 Å². The molecule has 1 aliphatic rings. The first-order chi connectivity index (χ1) is 14.3. The zero-order chi connectivity index (χ0) is 21.9. The van der Waals surface area contributed by atoms with Crippen LogP contribution in [0.4, 0.5) is 5.69 Å². The molecule has 30 heavy (non-hydrogen) atoms. The summed E-state index contributed by atoms with van der Waals surface area (Å²) in [6.45, 7) is 0.423. The number of hydrogen-bond donors (Lipinski definition) is 1. The molecule has 10 heteroatoms. The number of halogens is 2. The summed E-state index contributed by atoms with van der Waals surface area (Å²) in [5.41, 5.74) is 0.532. The molecule has 2 aromatic carbocycles. The summed E-state index contributed by atoms with van der Waals surface area (Å²) in [6.07, 6.45) is 0.781. The Morgan fingerprint density at radius 1 is 1.10 bits per heavy atom. The highest BCUT2D eigenvalue weighted by molar-refractivity contribution is 7.89. The monoisotopic (exact) mass is 472 g/mol. The third kappa shape index (κ3) is 4.67. The lowest BCUT2D eigenvalue weighted by Crippen LogP contribution is -2.41. The molecule has 1 heterocycles. The Kier molecular flexibility index (Phi) is 7.13. The van der Waals surface area contributed by atoms with E-state index >= 15 is 0 Å². The van der Waals surface area contributed by atoms with Crippen molar-refractivity contribution in [1.82, 2.24) is 4.31 Å². The molecule has 162 valence electrons. The molecule has 2 aromatic rings. The number of benzene rings is 2. The second-order valence-electron chi connectivity index (χ2n) is 6.79. The minimum Gasteiger partial charge on any atom is -0.497 e. The SMILES string of the molecule is COc1ccc(NC(=O)C2CCN(S(=O)(=O)c3cccc(Cl)c3Cl)CC2)c(OC)c1. The lowest BCUT2D eigenvalue weighted by Gasteiger charge is -2.31. The van der Waals surface area contributed by atoms with Crippen molar-refractivity contribution < 1.29 is 22.7 Å². The Morgan fingerprint density at radius 2 is 1.80 bits per heavy atom. The number of ether oxygens (including phenoxy) is 2. The van der Waals surface area contributed by atoms with Gasteiger partial charge >= 0.3 is 0 Å². The Labute approximate surface area is 185 Å². The maximum atomic E-state index is 12.9. The van der Waals surface area contributed by atoms with Gasteiger partial charge in [-0.1, -0.05) is 29.3 Å². The molecule has 0 atom stereocenters. The molecule has 1 aliphatic heterocycles. The van der Waals surface area contributed by atoms with Crippen LogP contribution in [0.1, 0.15) is 12.8 Å². The predicted molar refractivity (Wildman–Crippen MR) is 116 cm³/mol. The van der Waals surface area contributed by atoms with Crippen LogP contribution in [-0.2, 0) is 14.8 Å². The number of carbonyl (C=O) groups excluding carboxylic acids is 1. The molecule has 7 nitrogen and oxygen atoms in total. The average Bonchev–Trinajstić information content (AvgIpc) is 2.75. The fraction of sp³-hybridized carbons (Fsp3) is 0.350. The molecule has 0 spiro atoms. The zero-order valence-electron chi connectivity index (χ0n) is 16.5. The normalized spacial score (nSPS) is 15.6. The van der Waals surface area contributed by atoms with Crippen LogP contribution in [-0.4, -0.2) is 45.9 Å². The van der Waals surface area contributed by atoms with Gasteiger partial charge in [0.15, 0.2) is 0 Å². The molecule has 0 unspecified atom stereocenters. The molecular formula is C20H22Cl2N2O5S. The minimum atomic E-state index is -3.79. The van der Waals surface area contributed by atoms with Gasteiger partial charge in [0.05, 0.1) is 30.0 Å². The summed E-state index contributed by atoms with van der Waals surface area (Å²) in [5, 5.41) is 3.04. The van der Waals surface area contributed by atoms with E-state index in [9.17, 15) is 13.2 Å². The van der Waals surface area contributed by atoms with Gasteiger partial charge in [0.2, 0.25) is 15.9 Å². The number of amides is 1. The summed E-state index contributed by atoms with van der Waals surface area (Å²) in [4.78, 5) is 12.7. The second kappa shape index (κ2) is 9.43. The lowest BCUT2D eigenvalue weighted by molar-refractivity contribution is -0.120. The molecule has 0 aliphatic carbocycles. The topological polar surface area (TPSA) is 84.9 Å². The van der Waals surface area contributed by atoms with Gasteiger partial charge in [-0.05, 0) is 37.1 Å². The van der Waals surface area contributed by atoms with Crippen LogP contribution in [0.15, 0.2) is 41.3 Å². The number of anilines is 1. The summed E-state index contributed by atoms with van der Waals surface area (Å²) >= 11 is 12.1. The predicted octanol–water partition coefficient (Wildman–Crippen LogP) is 4.05. The van der Waals surface area contributed by atoms with Gasteiger partial charge < -0.3 is 14.8 Å². The van der Waals surface area contributed by atoms with Gasteiger partial charge in [0.1, 0.15) is 16.4 Å². The quantitative estimate of drug-likeness (QED) is 0.685. The van der Waals surface area contributed by atoms with E-state index in [1.165, 1.54) is 23.5 Å². The van der Waals surface area contributed by atoms with E-state index in [1.54, 1.807) is 31.4 Å². The molecule has 0 aromatic heterocycles. The Hall–Kier alpha value is -2.00. The first-order valence-corrected chi connectivity index (χ1v) is 11.4. The zero-order valence-corrected chi connectivity index (χ0v) is 18.9. The summed E-state index contributed by atoms with van der Waals surface area (Å²) < 4.78 is 37.6. The summed E-state index contributed by atoms with van der Waals surface area (Å²) in [6, 6.07) is 9.62. The van der Waals surface area contributed by atoms with E-state index in [0.29, 0.717) is 30.0 Å². The maximum Gasteiger partial charge on any atom is 0.244 e. The molecule has 1 saturated heterocycles. The first-order valence-electron chi connectivity index (χ1n) is 9.25. The molecule has 0 radical (unpaired) electrons. The van der Waals surface area contributed by atoms with Crippen molar-refractivity contribution in [1.29, 1.82) is 0 Å². The van der Waals surface area contributed by atoms with Gasteiger partial charge in [-0.15, -0.1) is 0 Å². The van der Waals surface area contributed by atoms with Crippen molar-refractivity contribution in [3.63, 3.8) is 0 Å². The van der Waals surface area contributed by atoms with E-state index < -0.39 is 10.0 Å². The molecule has 0 saturated carbocycles. The Balaban J connectivity index is 1.67. The lowest BCUT2D eigenvalue weighted by atomic mass is 9.97. The number of rotatable bonds is 6. The molecule has 1 fully saturated rings. The van der Waals surface area contributed by atoms with Crippen molar-refractivity contribution in [3.8, 4) is 11.5 Å². The Bertz CT molecular complexity index is 1040. The highest BCUT2D eigenvalue weighted by atomic mass is 35.5. The van der Waals surface area contributed by atoms with E-state index in [1.807, 2.05) is 0 Å². The van der Waals surface area contributed by atoms with Crippen molar-refractivity contribution in [2.75, 3.05) is 32.6 Å². The number of hydrogen-bond acceptors (Lipinski definition) is 5. The van der Waals surface area contributed by atoms with Crippen LogP contribution < -0.4 is 14.8 Å². The highest BCUT2D eigenvalue weighted by Crippen LogP contribution is 2.34. The third-order valence-electron chi connectivity index (χ3n) is 5.03. The number of sulfonamides is 1. The van der Waals surface area contributed by atoms with Crippen molar-refractivity contribution in [2.45, 2.75) is 17.7 Å². The van der Waals surface area contributed by atoms with Gasteiger partial charge in [0, 0.05) is 25.1 Å². The maximum absolute atomic E-state index is 12.9. The fourth-order valence-electron chi connectivity index (χ4n) is 3.32. The van der Waals surface area contributed by atoms with Gasteiger partial charge in [0.25, 0.3) is 0 Å². The van der Waals surface area contributed by atoms with E-state index in [-0.39, 0.29) is 39.9 Å². The smallest absolute Gasteiger partial charge is 0.244 e. The molecular weight excluding hydrogens is 451 g/mol. The van der Waals surface area contributed by atoms with Crippen LogP contribution in [0, 0.1) is 5.92 Å². The Morgan fingerprint density at radius 3 is 2.43 bits per heavy atom. The van der Waals surface area contributed by atoms with Gasteiger partial charge in [-0.2, -0.15) is 4.31 Å². The van der Waals surface area contributed by atoms with Crippen molar-refractivity contribution in [2.24, 2.45) is 5.92 Å². The fourth-order valence-corrected chi connectivity index (χ4v) is 5.52. The van der Waals surface area contributed by atoms with Crippen LogP contribution >= 0.6 is 23.2 Å².